The van der Waals surface area contributed by atoms with Gasteiger partial charge in [-0.25, -0.2) is 4.98 Å². The van der Waals surface area contributed by atoms with Crippen molar-refractivity contribution >= 4 is 17.2 Å². The van der Waals surface area contributed by atoms with Crippen molar-refractivity contribution in [2.75, 3.05) is 0 Å². The molecule has 1 atom stereocenters. The van der Waals surface area contributed by atoms with E-state index < -0.39 is 0 Å². The molecule has 0 fully saturated rings. The number of hydrogen-bond donors (Lipinski definition) is 1. The van der Waals surface area contributed by atoms with E-state index >= 15 is 0 Å². The molecule has 0 unspecified atom stereocenters. The second-order valence-electron chi connectivity index (χ2n) is 4.45. The third kappa shape index (κ3) is 3.93. The number of aromatic nitrogens is 1. The van der Waals surface area contributed by atoms with Crippen LogP contribution in [0.1, 0.15) is 50.4 Å². The van der Waals surface area contributed by atoms with Crippen LogP contribution < -0.4 is 5.32 Å². The summed E-state index contributed by atoms with van der Waals surface area (Å²) < 4.78 is 0. The van der Waals surface area contributed by atoms with Crippen LogP contribution >= 0.6 is 11.3 Å². The van der Waals surface area contributed by atoms with Crippen LogP contribution in [0.15, 0.2) is 5.38 Å². The molecule has 3 nitrogen and oxygen atoms in total. The van der Waals surface area contributed by atoms with Gasteiger partial charge in [0.15, 0.2) is 0 Å². The summed E-state index contributed by atoms with van der Waals surface area (Å²) in [6, 6.07) is 0.0740. The van der Waals surface area contributed by atoms with Gasteiger partial charge < -0.3 is 5.32 Å². The van der Waals surface area contributed by atoms with Gasteiger partial charge in [-0.2, -0.15) is 0 Å². The van der Waals surface area contributed by atoms with Crippen molar-refractivity contribution in [2.45, 2.75) is 46.6 Å². The largest absolute Gasteiger partial charge is 0.347 e. The molecule has 0 aliphatic rings. The molecule has 4 heteroatoms. The molecule has 1 heterocycles. The molecule has 90 valence electrons. The third-order valence-corrected chi connectivity index (χ3v) is 3.35. The van der Waals surface area contributed by atoms with Crippen molar-refractivity contribution in [3.8, 4) is 0 Å². The number of thiazole rings is 1. The van der Waals surface area contributed by atoms with E-state index in [-0.39, 0.29) is 11.9 Å². The summed E-state index contributed by atoms with van der Waals surface area (Å²) in [4.78, 5) is 16.1. The number of aryl methyl sites for hydroxylation is 1. The van der Waals surface area contributed by atoms with Crippen LogP contribution in [0.3, 0.4) is 0 Å². The van der Waals surface area contributed by atoms with Crippen LogP contribution in [0.25, 0.3) is 0 Å². The predicted octanol–water partition coefficient (Wildman–Crippen LogP) is 3.06. The second-order valence-corrected chi connectivity index (χ2v) is 5.34. The predicted molar refractivity (Wildman–Crippen MR) is 67.5 cm³/mol. The first-order valence-corrected chi connectivity index (χ1v) is 6.62. The minimum atomic E-state index is 0.0740. The number of hydrogen-bond acceptors (Lipinski definition) is 3. The van der Waals surface area contributed by atoms with Gasteiger partial charge in [-0.3, -0.25) is 4.79 Å². The van der Waals surface area contributed by atoms with Crippen molar-refractivity contribution in [3.63, 3.8) is 0 Å². The van der Waals surface area contributed by atoms with Crippen molar-refractivity contribution < 1.29 is 4.79 Å². The van der Waals surface area contributed by atoms with E-state index in [1.807, 2.05) is 26.2 Å². The van der Waals surface area contributed by atoms with Gasteiger partial charge >= 0.3 is 0 Å². The Balaban J connectivity index is 2.59. The molecule has 0 bridgehead atoms. The Morgan fingerprint density at radius 2 is 2.25 bits per heavy atom. The lowest BCUT2D eigenvalue weighted by Crippen LogP contribution is -2.28. The Kier molecular flexibility index (Phi) is 4.93. The molecule has 1 amide bonds. The van der Waals surface area contributed by atoms with Gasteiger partial charge in [0.25, 0.3) is 0 Å². The zero-order chi connectivity index (χ0) is 12.1. The van der Waals surface area contributed by atoms with Crippen molar-refractivity contribution in [1.29, 1.82) is 0 Å². The lowest BCUT2D eigenvalue weighted by atomic mass is 10.1. The maximum atomic E-state index is 11.7. The standard InChI is InChI=1S/C12H20N2OS/c1-5-10(12-13-9(4)7-16-12)14-11(15)6-8(2)3/h7-8,10H,5-6H2,1-4H3,(H,14,15)/t10-/m0/s1. The van der Waals surface area contributed by atoms with Crippen molar-refractivity contribution in [1.82, 2.24) is 10.3 Å². The molecule has 0 aliphatic heterocycles. The van der Waals surface area contributed by atoms with Crippen LogP contribution in [-0.2, 0) is 4.79 Å². The molecule has 0 saturated carbocycles. The van der Waals surface area contributed by atoms with E-state index in [9.17, 15) is 4.79 Å². The fourth-order valence-corrected chi connectivity index (χ4v) is 2.43. The molecule has 1 N–H and O–H groups in total. The maximum Gasteiger partial charge on any atom is 0.220 e. The highest BCUT2D eigenvalue weighted by Gasteiger charge is 2.16. The highest BCUT2D eigenvalue weighted by atomic mass is 32.1. The molecule has 1 aromatic rings. The molecule has 0 radical (unpaired) electrons. The van der Waals surface area contributed by atoms with Crippen LogP contribution in [0.2, 0.25) is 0 Å². The summed E-state index contributed by atoms with van der Waals surface area (Å²) in [6.07, 6.45) is 1.47. The number of carbonyl (C=O) groups is 1. The fourth-order valence-electron chi connectivity index (χ4n) is 1.49. The van der Waals surface area contributed by atoms with Crippen molar-refractivity contribution in [3.05, 3.63) is 16.1 Å². The SMILES string of the molecule is CC[C@H](NC(=O)CC(C)C)c1nc(C)cs1. The number of amides is 1. The van der Waals surface area contributed by atoms with Crippen LogP contribution in [0.5, 0.6) is 0 Å². The summed E-state index contributed by atoms with van der Waals surface area (Å²) in [5, 5.41) is 6.07. The minimum Gasteiger partial charge on any atom is -0.347 e. The lowest BCUT2D eigenvalue weighted by Gasteiger charge is -2.15. The van der Waals surface area contributed by atoms with Crippen molar-refractivity contribution in [2.24, 2.45) is 5.92 Å². The van der Waals surface area contributed by atoms with Gasteiger partial charge in [0, 0.05) is 17.5 Å². The number of carbonyl (C=O) groups excluding carboxylic acids is 1. The second kappa shape index (κ2) is 5.99. The van der Waals surface area contributed by atoms with E-state index in [1.165, 1.54) is 0 Å². The Bertz CT molecular complexity index is 347. The molecule has 16 heavy (non-hydrogen) atoms. The topological polar surface area (TPSA) is 42.0 Å². The zero-order valence-electron chi connectivity index (χ0n) is 10.4. The molecule has 0 spiro atoms. The molecule has 1 rings (SSSR count). The van der Waals surface area contributed by atoms with Gasteiger partial charge in [0.2, 0.25) is 5.91 Å². The highest BCUT2D eigenvalue weighted by molar-refractivity contribution is 7.09. The monoisotopic (exact) mass is 240 g/mol. The average molecular weight is 240 g/mol. The number of rotatable bonds is 5. The highest BCUT2D eigenvalue weighted by Crippen LogP contribution is 2.21. The van der Waals surface area contributed by atoms with E-state index in [0.29, 0.717) is 12.3 Å². The van der Waals surface area contributed by atoms with E-state index in [2.05, 4.69) is 17.2 Å². The van der Waals surface area contributed by atoms with Gasteiger partial charge in [-0.05, 0) is 19.3 Å². The average Bonchev–Trinajstić information content (AvgIpc) is 2.60. The summed E-state index contributed by atoms with van der Waals surface area (Å²) >= 11 is 1.62. The first kappa shape index (κ1) is 13.2. The Morgan fingerprint density at radius 1 is 1.56 bits per heavy atom. The van der Waals surface area contributed by atoms with Gasteiger partial charge in [-0.15, -0.1) is 11.3 Å². The Morgan fingerprint density at radius 3 is 2.69 bits per heavy atom. The van der Waals surface area contributed by atoms with Crippen LogP contribution in [0.4, 0.5) is 0 Å². The summed E-state index contributed by atoms with van der Waals surface area (Å²) in [7, 11) is 0. The Hall–Kier alpha value is -0.900. The molecular weight excluding hydrogens is 220 g/mol. The molecule has 0 aliphatic carbocycles. The first-order valence-electron chi connectivity index (χ1n) is 5.74. The third-order valence-electron chi connectivity index (χ3n) is 2.27. The van der Waals surface area contributed by atoms with E-state index in [0.717, 1.165) is 17.1 Å². The lowest BCUT2D eigenvalue weighted by molar-refractivity contribution is -0.122. The number of nitrogens with one attached hydrogen (secondary N) is 1. The maximum absolute atomic E-state index is 11.7. The quantitative estimate of drug-likeness (QED) is 0.859. The zero-order valence-corrected chi connectivity index (χ0v) is 11.2. The van der Waals surface area contributed by atoms with Gasteiger partial charge in [0.1, 0.15) is 5.01 Å². The molecule has 0 saturated heterocycles. The summed E-state index contributed by atoms with van der Waals surface area (Å²) in [6.45, 7) is 8.14. The van der Waals surface area contributed by atoms with E-state index in [1.54, 1.807) is 11.3 Å². The van der Waals surface area contributed by atoms with Crippen LogP contribution in [0, 0.1) is 12.8 Å². The van der Waals surface area contributed by atoms with E-state index in [4.69, 9.17) is 0 Å². The molecule has 0 aromatic carbocycles. The molecule has 1 aromatic heterocycles. The van der Waals surface area contributed by atoms with Gasteiger partial charge in [0.05, 0.1) is 6.04 Å². The summed E-state index contributed by atoms with van der Waals surface area (Å²) in [5.74, 6) is 0.519. The first-order chi connectivity index (χ1) is 7.52. The summed E-state index contributed by atoms with van der Waals surface area (Å²) in [5.41, 5.74) is 1.02. The molecular formula is C12H20N2OS. The minimum absolute atomic E-state index is 0.0740. The van der Waals surface area contributed by atoms with Gasteiger partial charge in [-0.1, -0.05) is 20.8 Å². The number of nitrogens with zero attached hydrogens (tertiary/aromatic N) is 1. The van der Waals surface area contributed by atoms with Crippen LogP contribution in [-0.4, -0.2) is 10.9 Å². The normalized spacial score (nSPS) is 12.8. The fraction of sp³-hybridized carbons (Fsp3) is 0.667. The smallest absolute Gasteiger partial charge is 0.220 e. The Labute approximate surface area is 101 Å².